The standard InChI is InChI=1S/C18H15F3N4O5/c1-3-29-17(28)13-12-15(30-24-13)22-8-25(16(12)27)9(2)14(26)23-11-7-5-4-6-10(11)18(19,20)21/h4-9H,3H2,1-2H3,(H,23,26). The summed E-state index contributed by atoms with van der Waals surface area (Å²) < 4.78 is 49.9. The number of aromatic nitrogens is 3. The van der Waals surface area contributed by atoms with Crippen LogP contribution in [0.5, 0.6) is 0 Å². The summed E-state index contributed by atoms with van der Waals surface area (Å²) in [6.45, 7) is 2.87. The highest BCUT2D eigenvalue weighted by molar-refractivity contribution is 6.00. The van der Waals surface area contributed by atoms with Gasteiger partial charge in [-0.3, -0.25) is 14.2 Å². The van der Waals surface area contributed by atoms with Gasteiger partial charge in [0.05, 0.1) is 17.9 Å². The first-order valence-electron chi connectivity index (χ1n) is 8.65. The number of esters is 1. The molecule has 30 heavy (non-hydrogen) atoms. The summed E-state index contributed by atoms with van der Waals surface area (Å²) in [5, 5.41) is 5.34. The van der Waals surface area contributed by atoms with Gasteiger partial charge in [0.15, 0.2) is 0 Å². The summed E-state index contributed by atoms with van der Waals surface area (Å²) in [4.78, 5) is 41.1. The van der Waals surface area contributed by atoms with Gasteiger partial charge in [-0.25, -0.2) is 9.78 Å². The monoisotopic (exact) mass is 424 g/mol. The molecule has 0 aliphatic heterocycles. The number of nitrogens with one attached hydrogen (secondary N) is 1. The maximum absolute atomic E-state index is 13.1. The number of benzene rings is 1. The second-order valence-electron chi connectivity index (χ2n) is 6.10. The van der Waals surface area contributed by atoms with Crippen molar-refractivity contribution in [3.8, 4) is 0 Å². The van der Waals surface area contributed by atoms with Crippen LogP contribution in [0.15, 0.2) is 39.9 Å². The van der Waals surface area contributed by atoms with Crippen molar-refractivity contribution >= 4 is 28.7 Å². The molecule has 1 unspecified atom stereocenters. The predicted molar refractivity (Wildman–Crippen MR) is 96.8 cm³/mol. The minimum atomic E-state index is -4.68. The van der Waals surface area contributed by atoms with Crippen molar-refractivity contribution in [1.82, 2.24) is 14.7 Å². The molecule has 2 heterocycles. The Labute approximate surface area is 166 Å². The number of carbonyl (C=O) groups is 2. The van der Waals surface area contributed by atoms with Gasteiger partial charge >= 0.3 is 12.1 Å². The van der Waals surface area contributed by atoms with Crippen LogP contribution in [0.25, 0.3) is 11.1 Å². The van der Waals surface area contributed by atoms with Crippen LogP contribution in [0.3, 0.4) is 0 Å². The highest BCUT2D eigenvalue weighted by Crippen LogP contribution is 2.34. The number of nitrogens with zero attached hydrogens (tertiary/aromatic N) is 3. The van der Waals surface area contributed by atoms with Gasteiger partial charge in [0.25, 0.3) is 11.3 Å². The minimum absolute atomic E-state index is 0.0268. The third-order valence-corrected chi connectivity index (χ3v) is 4.18. The number of amides is 1. The molecule has 2 aromatic heterocycles. The molecule has 0 bridgehead atoms. The second-order valence-corrected chi connectivity index (χ2v) is 6.10. The zero-order chi connectivity index (χ0) is 22.1. The van der Waals surface area contributed by atoms with Gasteiger partial charge in [0.2, 0.25) is 11.6 Å². The summed E-state index contributed by atoms with van der Waals surface area (Å²) >= 11 is 0. The molecule has 1 N–H and O–H groups in total. The van der Waals surface area contributed by atoms with Crippen LogP contribution in [0.4, 0.5) is 18.9 Å². The van der Waals surface area contributed by atoms with Gasteiger partial charge in [0.1, 0.15) is 17.8 Å². The smallest absolute Gasteiger partial charge is 0.418 e. The highest BCUT2D eigenvalue weighted by Gasteiger charge is 2.34. The van der Waals surface area contributed by atoms with Gasteiger partial charge in [-0.2, -0.15) is 13.2 Å². The Morgan fingerprint density at radius 3 is 2.67 bits per heavy atom. The van der Waals surface area contributed by atoms with Crippen LogP contribution in [0.2, 0.25) is 0 Å². The van der Waals surface area contributed by atoms with Crippen molar-refractivity contribution in [2.75, 3.05) is 11.9 Å². The third kappa shape index (κ3) is 3.88. The average molecular weight is 424 g/mol. The van der Waals surface area contributed by atoms with Crippen molar-refractivity contribution in [2.45, 2.75) is 26.1 Å². The zero-order valence-corrected chi connectivity index (χ0v) is 15.7. The number of alkyl halides is 3. The molecular formula is C18H15F3N4O5. The molecule has 1 atom stereocenters. The molecule has 0 radical (unpaired) electrons. The Morgan fingerprint density at radius 2 is 2.00 bits per heavy atom. The first-order valence-corrected chi connectivity index (χ1v) is 8.65. The number of para-hydroxylation sites is 1. The lowest BCUT2D eigenvalue weighted by Crippen LogP contribution is -2.32. The van der Waals surface area contributed by atoms with E-state index in [1.807, 2.05) is 0 Å². The van der Waals surface area contributed by atoms with Crippen molar-refractivity contribution in [1.29, 1.82) is 0 Å². The third-order valence-electron chi connectivity index (χ3n) is 4.18. The highest BCUT2D eigenvalue weighted by atomic mass is 19.4. The Morgan fingerprint density at radius 1 is 1.30 bits per heavy atom. The van der Waals surface area contributed by atoms with Gasteiger partial charge in [-0.05, 0) is 26.0 Å². The number of rotatable bonds is 5. The summed E-state index contributed by atoms with van der Waals surface area (Å²) in [7, 11) is 0. The summed E-state index contributed by atoms with van der Waals surface area (Å²) in [5.74, 6) is -1.81. The molecule has 0 spiro atoms. The number of fused-ring (bicyclic) bond motifs is 1. The van der Waals surface area contributed by atoms with Crippen LogP contribution < -0.4 is 10.9 Å². The lowest BCUT2D eigenvalue weighted by atomic mass is 10.1. The van der Waals surface area contributed by atoms with E-state index in [1.54, 1.807) is 6.92 Å². The van der Waals surface area contributed by atoms with Gasteiger partial charge in [-0.1, -0.05) is 17.3 Å². The number of hydrogen-bond donors (Lipinski definition) is 1. The topological polar surface area (TPSA) is 116 Å². The maximum atomic E-state index is 13.1. The van der Waals surface area contributed by atoms with E-state index in [1.165, 1.54) is 19.1 Å². The number of anilines is 1. The number of hydrogen-bond acceptors (Lipinski definition) is 7. The van der Waals surface area contributed by atoms with E-state index in [2.05, 4.69) is 15.5 Å². The van der Waals surface area contributed by atoms with Crippen LogP contribution >= 0.6 is 0 Å². The van der Waals surface area contributed by atoms with Crippen LogP contribution in [0, 0.1) is 0 Å². The maximum Gasteiger partial charge on any atom is 0.418 e. The molecule has 12 heteroatoms. The SMILES string of the molecule is CCOC(=O)c1noc2ncn(C(C)C(=O)Nc3ccccc3C(F)(F)F)c(=O)c12. The van der Waals surface area contributed by atoms with E-state index >= 15 is 0 Å². The minimum Gasteiger partial charge on any atom is -0.461 e. The lowest BCUT2D eigenvalue weighted by Gasteiger charge is -2.17. The fourth-order valence-corrected chi connectivity index (χ4v) is 2.68. The molecule has 0 saturated heterocycles. The fourth-order valence-electron chi connectivity index (χ4n) is 2.68. The van der Waals surface area contributed by atoms with Crippen molar-refractivity contribution in [2.24, 2.45) is 0 Å². The molecule has 158 valence electrons. The molecule has 0 saturated carbocycles. The lowest BCUT2D eigenvalue weighted by molar-refractivity contribution is -0.137. The first-order chi connectivity index (χ1) is 14.1. The molecule has 9 nitrogen and oxygen atoms in total. The van der Waals surface area contributed by atoms with E-state index in [0.717, 1.165) is 23.0 Å². The molecule has 1 amide bonds. The van der Waals surface area contributed by atoms with Gasteiger partial charge < -0.3 is 14.6 Å². The quantitative estimate of drug-likeness (QED) is 0.626. The fraction of sp³-hybridized carbons (Fsp3) is 0.278. The Hall–Kier alpha value is -3.70. The molecule has 1 aromatic carbocycles. The van der Waals surface area contributed by atoms with Gasteiger partial charge in [0, 0.05) is 0 Å². The number of carbonyl (C=O) groups excluding carboxylic acids is 2. The van der Waals surface area contributed by atoms with Crippen molar-refractivity contribution < 1.29 is 32.0 Å². The molecule has 0 fully saturated rings. The molecule has 0 aliphatic rings. The number of halogens is 3. The first kappa shape index (κ1) is 21.0. The molecule has 3 aromatic rings. The Bertz CT molecular complexity index is 1170. The number of ether oxygens (including phenoxy) is 1. The van der Waals surface area contributed by atoms with E-state index < -0.39 is 46.6 Å². The van der Waals surface area contributed by atoms with Crippen molar-refractivity contribution in [3.63, 3.8) is 0 Å². The van der Waals surface area contributed by atoms with Crippen molar-refractivity contribution in [3.05, 3.63) is 52.2 Å². The van der Waals surface area contributed by atoms with Crippen LogP contribution in [-0.4, -0.2) is 33.2 Å². The largest absolute Gasteiger partial charge is 0.461 e. The van der Waals surface area contributed by atoms with Crippen LogP contribution in [0.1, 0.15) is 35.9 Å². The van der Waals surface area contributed by atoms with Gasteiger partial charge in [-0.15, -0.1) is 0 Å². The zero-order valence-electron chi connectivity index (χ0n) is 15.7. The molecule has 0 aliphatic carbocycles. The Kier molecular flexibility index (Phi) is 5.58. The van der Waals surface area contributed by atoms with E-state index in [0.29, 0.717) is 0 Å². The van der Waals surface area contributed by atoms with E-state index in [-0.39, 0.29) is 17.7 Å². The second kappa shape index (κ2) is 7.97. The van der Waals surface area contributed by atoms with Crippen LogP contribution in [-0.2, 0) is 15.7 Å². The summed E-state index contributed by atoms with van der Waals surface area (Å²) in [6, 6.07) is 3.17. The Balaban J connectivity index is 1.96. The molecule has 3 rings (SSSR count). The summed E-state index contributed by atoms with van der Waals surface area (Å²) in [5.41, 5.74) is -2.98. The van der Waals surface area contributed by atoms with E-state index in [9.17, 15) is 27.6 Å². The molecular weight excluding hydrogens is 409 g/mol. The summed E-state index contributed by atoms with van der Waals surface area (Å²) in [6.07, 6.45) is -3.70. The predicted octanol–water partition coefficient (Wildman–Crippen LogP) is 2.78. The van der Waals surface area contributed by atoms with E-state index in [4.69, 9.17) is 9.26 Å². The average Bonchev–Trinajstić information content (AvgIpc) is 3.13. The normalized spacial score (nSPS) is 12.6.